The molecule has 0 aliphatic heterocycles. The van der Waals surface area contributed by atoms with Gasteiger partial charge in [0, 0.05) is 50.4 Å². The smallest absolute Gasteiger partial charge is 0.269 e. The monoisotopic (exact) mass is 373 g/mol. The predicted molar refractivity (Wildman–Crippen MR) is 106 cm³/mol. The fourth-order valence-corrected chi connectivity index (χ4v) is 3.44. The molecule has 0 unspecified atom stereocenters. The lowest BCUT2D eigenvalue weighted by atomic mass is 10.2. The fraction of sp³-hybridized carbons (Fsp3) is 0.316. The highest BCUT2D eigenvalue weighted by Gasteiger charge is 2.19. The molecule has 2 aromatic rings. The van der Waals surface area contributed by atoms with E-state index in [9.17, 15) is 14.9 Å². The number of rotatable bonds is 7. The number of benzene rings is 2. The number of carbonyl (C=O) groups is 1. The largest absolute Gasteiger partial charge is 0.378 e. The van der Waals surface area contributed by atoms with E-state index >= 15 is 0 Å². The maximum Gasteiger partial charge on any atom is 0.269 e. The normalized spacial score (nSPS) is 11.7. The summed E-state index contributed by atoms with van der Waals surface area (Å²) in [4.78, 5) is 27.4. The van der Waals surface area contributed by atoms with Crippen LogP contribution in [0.1, 0.15) is 12.5 Å². The molecular weight excluding hydrogens is 350 g/mol. The van der Waals surface area contributed by atoms with E-state index in [1.807, 2.05) is 50.2 Å². The lowest BCUT2D eigenvalue weighted by Gasteiger charge is -2.22. The summed E-state index contributed by atoms with van der Waals surface area (Å²) < 4.78 is 0. The van der Waals surface area contributed by atoms with E-state index in [1.54, 1.807) is 24.1 Å². The van der Waals surface area contributed by atoms with Gasteiger partial charge in [-0.05, 0) is 36.8 Å². The fourth-order valence-electron chi connectivity index (χ4n) is 2.46. The van der Waals surface area contributed by atoms with Gasteiger partial charge in [0.2, 0.25) is 5.91 Å². The van der Waals surface area contributed by atoms with Crippen LogP contribution in [0.15, 0.2) is 53.4 Å². The Balaban J connectivity index is 1.94. The summed E-state index contributed by atoms with van der Waals surface area (Å²) in [6.07, 6.45) is 0. The molecule has 2 rings (SSSR count). The number of hydrogen-bond donors (Lipinski definition) is 0. The van der Waals surface area contributed by atoms with E-state index in [-0.39, 0.29) is 16.8 Å². The average molecular weight is 373 g/mol. The number of carbonyl (C=O) groups excluding carboxylic acids is 1. The van der Waals surface area contributed by atoms with Crippen LogP contribution in [0.5, 0.6) is 0 Å². The van der Waals surface area contributed by atoms with Gasteiger partial charge in [0.25, 0.3) is 5.69 Å². The number of non-ortho nitro benzene ring substituents is 1. The molecule has 2 aromatic carbocycles. The first-order valence-corrected chi connectivity index (χ1v) is 9.08. The van der Waals surface area contributed by atoms with Gasteiger partial charge in [0.05, 0.1) is 10.2 Å². The molecule has 1 amide bonds. The number of nitro groups is 1. The molecule has 0 saturated carbocycles. The zero-order valence-electron chi connectivity index (χ0n) is 15.4. The van der Waals surface area contributed by atoms with Crippen LogP contribution in [0.2, 0.25) is 0 Å². The van der Waals surface area contributed by atoms with Crippen molar-refractivity contribution < 1.29 is 9.72 Å². The second-order valence-electron chi connectivity index (χ2n) is 6.27. The van der Waals surface area contributed by atoms with E-state index in [1.165, 1.54) is 23.9 Å². The molecule has 1 atom stereocenters. The quantitative estimate of drug-likeness (QED) is 0.419. The van der Waals surface area contributed by atoms with Gasteiger partial charge in [-0.15, -0.1) is 11.8 Å². The maximum atomic E-state index is 12.6. The van der Waals surface area contributed by atoms with Crippen LogP contribution in [0.3, 0.4) is 0 Å². The SMILES string of the molecule is C[C@@H](Sc1ccc([N+](=O)[O-])cc1)C(=O)N(C)Cc1ccc(N(C)C)cc1. The van der Waals surface area contributed by atoms with Gasteiger partial charge in [0.15, 0.2) is 0 Å². The first-order valence-electron chi connectivity index (χ1n) is 8.20. The number of thioether (sulfide) groups is 1. The minimum atomic E-state index is -0.432. The second kappa shape index (κ2) is 8.71. The van der Waals surface area contributed by atoms with Gasteiger partial charge < -0.3 is 9.80 Å². The van der Waals surface area contributed by atoms with Crippen LogP contribution in [-0.4, -0.2) is 42.1 Å². The standard InChI is InChI=1S/C19H23N3O3S/c1-14(26-18-11-9-17(10-12-18)22(24)25)19(23)21(4)13-15-5-7-16(8-6-15)20(2)3/h5-12,14H,13H2,1-4H3/t14-/m1/s1. The van der Waals surface area contributed by atoms with E-state index in [2.05, 4.69) is 0 Å². The number of nitrogens with zero attached hydrogens (tertiary/aromatic N) is 3. The molecule has 0 aliphatic rings. The third-order valence-electron chi connectivity index (χ3n) is 3.96. The molecule has 0 bridgehead atoms. The van der Waals surface area contributed by atoms with Crippen molar-refractivity contribution in [3.8, 4) is 0 Å². The molecule has 0 N–H and O–H groups in total. The first kappa shape index (κ1) is 19.8. The van der Waals surface area contributed by atoms with Crippen LogP contribution in [0.25, 0.3) is 0 Å². The molecule has 0 aromatic heterocycles. The molecule has 26 heavy (non-hydrogen) atoms. The number of nitro benzene ring substituents is 1. The summed E-state index contributed by atoms with van der Waals surface area (Å²) >= 11 is 1.40. The summed E-state index contributed by atoms with van der Waals surface area (Å²) in [5.41, 5.74) is 2.23. The van der Waals surface area contributed by atoms with Crippen molar-refractivity contribution in [2.75, 3.05) is 26.0 Å². The Kier molecular flexibility index (Phi) is 6.63. The Hall–Kier alpha value is -2.54. The molecule has 6 nitrogen and oxygen atoms in total. The lowest BCUT2D eigenvalue weighted by molar-refractivity contribution is -0.384. The van der Waals surface area contributed by atoms with Crippen molar-refractivity contribution in [2.45, 2.75) is 23.6 Å². The minimum absolute atomic E-state index is 0.0186. The zero-order valence-corrected chi connectivity index (χ0v) is 16.2. The lowest BCUT2D eigenvalue weighted by Crippen LogP contribution is -2.32. The highest BCUT2D eigenvalue weighted by atomic mass is 32.2. The second-order valence-corrected chi connectivity index (χ2v) is 7.68. The molecular formula is C19H23N3O3S. The van der Waals surface area contributed by atoms with Crippen LogP contribution in [0.4, 0.5) is 11.4 Å². The molecule has 0 saturated heterocycles. The number of anilines is 1. The first-order chi connectivity index (χ1) is 12.3. The zero-order chi connectivity index (χ0) is 19.3. The number of hydrogen-bond acceptors (Lipinski definition) is 5. The summed E-state index contributed by atoms with van der Waals surface area (Å²) in [5, 5.41) is 10.4. The van der Waals surface area contributed by atoms with E-state index in [0.29, 0.717) is 6.54 Å². The van der Waals surface area contributed by atoms with Crippen molar-refractivity contribution in [3.05, 3.63) is 64.2 Å². The van der Waals surface area contributed by atoms with E-state index in [4.69, 9.17) is 0 Å². The van der Waals surface area contributed by atoms with Crippen molar-refractivity contribution in [1.29, 1.82) is 0 Å². The molecule has 0 fully saturated rings. The maximum absolute atomic E-state index is 12.6. The van der Waals surface area contributed by atoms with E-state index < -0.39 is 4.92 Å². The van der Waals surface area contributed by atoms with Crippen molar-refractivity contribution in [2.24, 2.45) is 0 Å². The van der Waals surface area contributed by atoms with Gasteiger partial charge in [-0.3, -0.25) is 14.9 Å². The van der Waals surface area contributed by atoms with Crippen molar-refractivity contribution in [1.82, 2.24) is 4.90 Å². The van der Waals surface area contributed by atoms with Crippen LogP contribution in [0, 0.1) is 10.1 Å². The molecule has 0 spiro atoms. The Morgan fingerprint density at radius 1 is 1.08 bits per heavy atom. The highest BCUT2D eigenvalue weighted by Crippen LogP contribution is 2.26. The molecule has 0 heterocycles. The highest BCUT2D eigenvalue weighted by molar-refractivity contribution is 8.00. The summed E-state index contributed by atoms with van der Waals surface area (Å²) in [6.45, 7) is 2.39. The summed E-state index contributed by atoms with van der Waals surface area (Å²) in [6, 6.07) is 14.4. The third-order valence-corrected chi connectivity index (χ3v) is 5.06. The summed E-state index contributed by atoms with van der Waals surface area (Å²) in [5.74, 6) is 0.0186. The van der Waals surface area contributed by atoms with Gasteiger partial charge in [0.1, 0.15) is 0 Å². The third kappa shape index (κ3) is 5.23. The Morgan fingerprint density at radius 2 is 1.65 bits per heavy atom. The Morgan fingerprint density at radius 3 is 2.15 bits per heavy atom. The van der Waals surface area contributed by atoms with Crippen molar-refractivity contribution >= 4 is 29.0 Å². The Labute approximate surface area is 158 Å². The molecule has 0 aliphatic carbocycles. The summed E-state index contributed by atoms with van der Waals surface area (Å²) in [7, 11) is 5.76. The average Bonchev–Trinajstić information content (AvgIpc) is 2.61. The van der Waals surface area contributed by atoms with Crippen molar-refractivity contribution in [3.63, 3.8) is 0 Å². The molecule has 138 valence electrons. The molecule has 7 heteroatoms. The van der Waals surface area contributed by atoms with Gasteiger partial charge in [-0.25, -0.2) is 0 Å². The van der Waals surface area contributed by atoms with Crippen LogP contribution < -0.4 is 4.90 Å². The predicted octanol–water partition coefficient (Wildman–Crippen LogP) is 3.80. The van der Waals surface area contributed by atoms with Gasteiger partial charge in [-0.2, -0.15) is 0 Å². The minimum Gasteiger partial charge on any atom is -0.378 e. The topological polar surface area (TPSA) is 66.7 Å². The van der Waals surface area contributed by atoms with Gasteiger partial charge in [-0.1, -0.05) is 12.1 Å². The van der Waals surface area contributed by atoms with Crippen LogP contribution in [-0.2, 0) is 11.3 Å². The van der Waals surface area contributed by atoms with E-state index in [0.717, 1.165) is 16.1 Å². The number of amides is 1. The van der Waals surface area contributed by atoms with Gasteiger partial charge >= 0.3 is 0 Å². The molecule has 0 radical (unpaired) electrons. The Bertz CT molecular complexity index is 761. The van der Waals surface area contributed by atoms with Crippen LogP contribution >= 0.6 is 11.8 Å².